The molecule has 0 heterocycles. The van der Waals surface area contributed by atoms with Gasteiger partial charge in [-0.1, -0.05) is 18.2 Å². The van der Waals surface area contributed by atoms with Crippen molar-refractivity contribution in [2.75, 3.05) is 6.61 Å². The second-order valence-corrected chi connectivity index (χ2v) is 3.80. The lowest BCUT2D eigenvalue weighted by Gasteiger charge is -2.11. The largest absolute Gasteiger partial charge is 0.396 e. The van der Waals surface area contributed by atoms with Crippen molar-refractivity contribution >= 4 is 22.6 Å². The summed E-state index contributed by atoms with van der Waals surface area (Å²) in [5, 5.41) is 8.71. The molecule has 0 saturated carbocycles. The van der Waals surface area contributed by atoms with E-state index in [9.17, 15) is 0 Å². The summed E-state index contributed by atoms with van der Waals surface area (Å²) in [6.07, 6.45) is 0.625. The molecule has 0 aromatic heterocycles. The molecule has 0 radical (unpaired) electrons. The van der Waals surface area contributed by atoms with Crippen molar-refractivity contribution in [2.24, 2.45) is 5.73 Å². The van der Waals surface area contributed by atoms with Gasteiger partial charge in [0.05, 0.1) is 0 Å². The van der Waals surface area contributed by atoms with E-state index in [1.807, 2.05) is 24.3 Å². The first-order valence-corrected chi connectivity index (χ1v) is 4.94. The fourth-order valence-electron chi connectivity index (χ4n) is 1.07. The molecule has 0 aliphatic carbocycles. The third-order valence-electron chi connectivity index (χ3n) is 1.74. The Morgan fingerprint density at radius 3 is 2.67 bits per heavy atom. The SMILES string of the molecule is NC(CCO)c1ccccc1I. The predicted molar refractivity (Wildman–Crippen MR) is 57.8 cm³/mol. The van der Waals surface area contributed by atoms with Gasteiger partial charge in [0.2, 0.25) is 0 Å². The third kappa shape index (κ3) is 2.43. The Bertz CT molecular complexity index is 252. The van der Waals surface area contributed by atoms with Crippen molar-refractivity contribution in [2.45, 2.75) is 12.5 Å². The minimum atomic E-state index is -0.0388. The highest BCUT2D eigenvalue weighted by atomic mass is 127. The fourth-order valence-corrected chi connectivity index (χ4v) is 1.86. The second-order valence-electron chi connectivity index (χ2n) is 2.64. The zero-order chi connectivity index (χ0) is 8.97. The first-order valence-electron chi connectivity index (χ1n) is 3.86. The summed E-state index contributed by atoms with van der Waals surface area (Å²) in [6.45, 7) is 0.145. The number of halogens is 1. The van der Waals surface area contributed by atoms with Gasteiger partial charge in [-0.3, -0.25) is 0 Å². The van der Waals surface area contributed by atoms with Gasteiger partial charge in [0.25, 0.3) is 0 Å². The molecule has 0 bridgehead atoms. The summed E-state index contributed by atoms with van der Waals surface area (Å²) < 4.78 is 1.16. The van der Waals surface area contributed by atoms with E-state index >= 15 is 0 Å². The lowest BCUT2D eigenvalue weighted by molar-refractivity contribution is 0.276. The average Bonchev–Trinajstić information content (AvgIpc) is 2.05. The summed E-state index contributed by atoms with van der Waals surface area (Å²) >= 11 is 2.25. The van der Waals surface area contributed by atoms with Crippen LogP contribution in [0, 0.1) is 3.57 Å². The molecule has 12 heavy (non-hydrogen) atoms. The fraction of sp³-hybridized carbons (Fsp3) is 0.333. The van der Waals surface area contributed by atoms with Crippen LogP contribution in [0.5, 0.6) is 0 Å². The van der Waals surface area contributed by atoms with Crippen LogP contribution in [-0.2, 0) is 0 Å². The molecule has 0 fully saturated rings. The van der Waals surface area contributed by atoms with Crippen LogP contribution in [0.3, 0.4) is 0 Å². The van der Waals surface area contributed by atoms with Gasteiger partial charge in [-0.05, 0) is 40.6 Å². The van der Waals surface area contributed by atoms with Crippen molar-refractivity contribution in [3.8, 4) is 0 Å². The van der Waals surface area contributed by atoms with Gasteiger partial charge in [-0.2, -0.15) is 0 Å². The number of nitrogens with two attached hydrogens (primary N) is 1. The summed E-state index contributed by atoms with van der Waals surface area (Å²) in [7, 11) is 0. The van der Waals surface area contributed by atoms with Crippen LogP contribution in [0.1, 0.15) is 18.0 Å². The minimum absolute atomic E-state index is 0.0388. The highest BCUT2D eigenvalue weighted by molar-refractivity contribution is 14.1. The van der Waals surface area contributed by atoms with E-state index < -0.39 is 0 Å². The molecule has 1 aromatic rings. The maximum Gasteiger partial charge on any atom is 0.0449 e. The van der Waals surface area contributed by atoms with Gasteiger partial charge in [0.1, 0.15) is 0 Å². The van der Waals surface area contributed by atoms with Crippen LogP contribution < -0.4 is 5.73 Å². The van der Waals surface area contributed by atoms with Crippen LogP contribution in [0.2, 0.25) is 0 Å². The zero-order valence-corrected chi connectivity index (χ0v) is 8.86. The first kappa shape index (κ1) is 9.95. The summed E-state index contributed by atoms with van der Waals surface area (Å²) in [5.41, 5.74) is 6.96. The third-order valence-corrected chi connectivity index (χ3v) is 2.73. The van der Waals surface area contributed by atoms with E-state index in [2.05, 4.69) is 22.6 Å². The van der Waals surface area contributed by atoms with Crippen molar-refractivity contribution in [1.29, 1.82) is 0 Å². The first-order chi connectivity index (χ1) is 5.75. The van der Waals surface area contributed by atoms with Crippen LogP contribution >= 0.6 is 22.6 Å². The Morgan fingerprint density at radius 2 is 2.08 bits per heavy atom. The molecule has 0 spiro atoms. The van der Waals surface area contributed by atoms with Gasteiger partial charge < -0.3 is 10.8 Å². The molecular formula is C9H12INO. The molecule has 1 aromatic carbocycles. The Hall–Kier alpha value is -0.130. The molecule has 0 aliphatic rings. The standard InChI is InChI=1S/C9H12INO/c10-8-4-2-1-3-7(8)9(11)5-6-12/h1-4,9,12H,5-6,11H2. The molecule has 1 unspecified atom stereocenters. The minimum Gasteiger partial charge on any atom is -0.396 e. The lowest BCUT2D eigenvalue weighted by Crippen LogP contribution is -2.13. The Kier molecular flexibility index (Phi) is 3.97. The molecule has 1 atom stereocenters. The Balaban J connectivity index is 2.79. The number of benzene rings is 1. The molecule has 1 rings (SSSR count). The smallest absolute Gasteiger partial charge is 0.0449 e. The summed E-state index contributed by atoms with van der Waals surface area (Å²) in [4.78, 5) is 0. The highest BCUT2D eigenvalue weighted by Crippen LogP contribution is 2.19. The van der Waals surface area contributed by atoms with E-state index in [4.69, 9.17) is 10.8 Å². The monoisotopic (exact) mass is 277 g/mol. The van der Waals surface area contributed by atoms with Crippen molar-refractivity contribution in [3.05, 3.63) is 33.4 Å². The lowest BCUT2D eigenvalue weighted by atomic mass is 10.1. The van der Waals surface area contributed by atoms with Gasteiger partial charge >= 0.3 is 0 Å². The summed E-state index contributed by atoms with van der Waals surface area (Å²) in [5.74, 6) is 0. The van der Waals surface area contributed by atoms with Gasteiger partial charge in [0.15, 0.2) is 0 Å². The van der Waals surface area contributed by atoms with E-state index in [0.29, 0.717) is 6.42 Å². The van der Waals surface area contributed by atoms with Crippen LogP contribution in [0.4, 0.5) is 0 Å². The van der Waals surface area contributed by atoms with Crippen LogP contribution in [-0.4, -0.2) is 11.7 Å². The second kappa shape index (κ2) is 4.79. The molecule has 0 amide bonds. The average molecular weight is 277 g/mol. The highest BCUT2D eigenvalue weighted by Gasteiger charge is 2.07. The number of aliphatic hydroxyl groups is 1. The number of aliphatic hydroxyl groups excluding tert-OH is 1. The van der Waals surface area contributed by atoms with Gasteiger partial charge in [-0.25, -0.2) is 0 Å². The van der Waals surface area contributed by atoms with Crippen molar-refractivity contribution in [3.63, 3.8) is 0 Å². The molecule has 66 valence electrons. The van der Waals surface area contributed by atoms with Gasteiger partial charge in [0, 0.05) is 16.2 Å². The van der Waals surface area contributed by atoms with Crippen molar-refractivity contribution in [1.82, 2.24) is 0 Å². The van der Waals surface area contributed by atoms with Crippen LogP contribution in [0.25, 0.3) is 0 Å². The molecule has 3 heteroatoms. The molecule has 0 aliphatic heterocycles. The normalized spacial score (nSPS) is 12.9. The van der Waals surface area contributed by atoms with Crippen LogP contribution in [0.15, 0.2) is 24.3 Å². The number of hydrogen-bond acceptors (Lipinski definition) is 2. The topological polar surface area (TPSA) is 46.2 Å². The Morgan fingerprint density at radius 1 is 1.42 bits per heavy atom. The maximum absolute atomic E-state index is 8.71. The number of rotatable bonds is 3. The quantitative estimate of drug-likeness (QED) is 0.826. The zero-order valence-electron chi connectivity index (χ0n) is 6.70. The van der Waals surface area contributed by atoms with E-state index in [-0.39, 0.29) is 12.6 Å². The van der Waals surface area contributed by atoms with E-state index in [0.717, 1.165) is 9.13 Å². The molecule has 0 saturated heterocycles. The maximum atomic E-state index is 8.71. The number of hydrogen-bond donors (Lipinski definition) is 2. The molecule has 3 N–H and O–H groups in total. The van der Waals surface area contributed by atoms with E-state index in [1.54, 1.807) is 0 Å². The van der Waals surface area contributed by atoms with E-state index in [1.165, 1.54) is 0 Å². The van der Waals surface area contributed by atoms with Crippen molar-refractivity contribution < 1.29 is 5.11 Å². The predicted octanol–water partition coefficient (Wildman–Crippen LogP) is 1.67. The Labute approximate surface area is 85.9 Å². The molecule has 2 nitrogen and oxygen atoms in total. The summed E-state index contributed by atoms with van der Waals surface area (Å²) in [6, 6.07) is 7.93. The van der Waals surface area contributed by atoms with Gasteiger partial charge in [-0.15, -0.1) is 0 Å². The molecular weight excluding hydrogens is 265 g/mol.